The van der Waals surface area contributed by atoms with Crippen molar-refractivity contribution in [2.75, 3.05) is 0 Å². The highest BCUT2D eigenvalue weighted by molar-refractivity contribution is 6.37. The first-order valence-electron chi connectivity index (χ1n) is 5.42. The first-order valence-corrected chi connectivity index (χ1v) is 6.18. The van der Waals surface area contributed by atoms with E-state index in [2.05, 4.69) is 0 Å². The molecule has 0 bridgehead atoms. The summed E-state index contributed by atoms with van der Waals surface area (Å²) >= 11 is 11.9. The van der Waals surface area contributed by atoms with Crippen LogP contribution in [0.2, 0.25) is 10.0 Å². The van der Waals surface area contributed by atoms with Crippen LogP contribution in [0.3, 0.4) is 0 Å². The van der Waals surface area contributed by atoms with Gasteiger partial charge in [-0.25, -0.2) is 4.39 Å². The van der Waals surface area contributed by atoms with E-state index in [1.807, 2.05) is 0 Å². The third-order valence-electron chi connectivity index (χ3n) is 2.49. The minimum Gasteiger partial charge on any atom is -0.486 e. The van der Waals surface area contributed by atoms with Crippen LogP contribution in [0, 0.1) is 5.82 Å². The zero-order valence-electron chi connectivity index (χ0n) is 9.70. The maximum Gasteiger partial charge on any atom is 0.157 e. The molecule has 0 aromatic heterocycles. The van der Waals surface area contributed by atoms with Crippen molar-refractivity contribution in [3.05, 3.63) is 63.4 Å². The molecule has 0 radical (unpaired) electrons. The van der Waals surface area contributed by atoms with Gasteiger partial charge in [0.2, 0.25) is 0 Å². The zero-order valence-corrected chi connectivity index (χ0v) is 11.2. The molecule has 19 heavy (non-hydrogen) atoms. The van der Waals surface area contributed by atoms with E-state index in [4.69, 9.17) is 27.9 Å². The molecule has 2 rings (SSSR count). The van der Waals surface area contributed by atoms with E-state index in [-0.39, 0.29) is 28.2 Å². The van der Waals surface area contributed by atoms with Gasteiger partial charge in [-0.05, 0) is 18.2 Å². The van der Waals surface area contributed by atoms with Crippen molar-refractivity contribution in [1.82, 2.24) is 0 Å². The minimum atomic E-state index is -0.362. The van der Waals surface area contributed by atoms with E-state index in [1.165, 1.54) is 18.2 Å². The van der Waals surface area contributed by atoms with E-state index in [9.17, 15) is 9.18 Å². The molecular formula is C14H9Cl2FO2. The molecule has 0 amide bonds. The van der Waals surface area contributed by atoms with Crippen LogP contribution in [0.4, 0.5) is 4.39 Å². The van der Waals surface area contributed by atoms with Crippen LogP contribution < -0.4 is 4.74 Å². The van der Waals surface area contributed by atoms with Crippen molar-refractivity contribution in [2.45, 2.75) is 6.61 Å². The van der Waals surface area contributed by atoms with Gasteiger partial charge in [-0.1, -0.05) is 41.4 Å². The lowest BCUT2D eigenvalue weighted by Crippen LogP contribution is -1.99. The van der Waals surface area contributed by atoms with Gasteiger partial charge in [-0.3, -0.25) is 4.79 Å². The average molecular weight is 299 g/mol. The molecule has 2 aromatic carbocycles. The number of hydrogen-bond donors (Lipinski definition) is 0. The third kappa shape index (κ3) is 3.25. The molecule has 98 valence electrons. The fourth-order valence-electron chi connectivity index (χ4n) is 1.55. The highest BCUT2D eigenvalue weighted by Crippen LogP contribution is 2.34. The summed E-state index contributed by atoms with van der Waals surface area (Å²) in [5.74, 6) is -0.128. The standard InChI is InChI=1S/C14H9Cl2FO2/c15-11-5-9(7-18)6-12(16)14(11)19-8-10-3-1-2-4-13(10)17/h1-7H,8H2. The fourth-order valence-corrected chi connectivity index (χ4v) is 2.16. The minimum absolute atomic E-state index is 0.00650. The normalized spacial score (nSPS) is 10.3. The van der Waals surface area contributed by atoms with Crippen molar-refractivity contribution in [2.24, 2.45) is 0 Å². The Balaban J connectivity index is 2.21. The molecule has 0 saturated carbocycles. The second-order valence-corrected chi connectivity index (χ2v) is 4.63. The summed E-state index contributed by atoms with van der Waals surface area (Å²) in [5.41, 5.74) is 0.752. The molecule has 2 nitrogen and oxygen atoms in total. The lowest BCUT2D eigenvalue weighted by atomic mass is 10.2. The van der Waals surface area contributed by atoms with Gasteiger partial charge < -0.3 is 4.74 Å². The van der Waals surface area contributed by atoms with E-state index in [1.54, 1.807) is 18.2 Å². The Hall–Kier alpha value is -1.58. The average Bonchev–Trinajstić information content (AvgIpc) is 2.39. The predicted octanol–water partition coefficient (Wildman–Crippen LogP) is 4.52. The number of carbonyl (C=O) groups is 1. The summed E-state index contributed by atoms with van der Waals surface area (Å²) in [7, 11) is 0. The Bertz CT molecular complexity index is 591. The Kier molecular flexibility index (Phi) is 4.40. The van der Waals surface area contributed by atoms with Crippen molar-refractivity contribution in [3.8, 4) is 5.75 Å². The van der Waals surface area contributed by atoms with Gasteiger partial charge in [-0.2, -0.15) is 0 Å². The molecule has 0 spiro atoms. The summed E-state index contributed by atoms with van der Waals surface area (Å²) in [6.07, 6.45) is 0.637. The van der Waals surface area contributed by atoms with Gasteiger partial charge in [0.15, 0.2) is 5.75 Å². The van der Waals surface area contributed by atoms with Crippen LogP contribution in [0.5, 0.6) is 5.75 Å². The van der Waals surface area contributed by atoms with Crippen LogP contribution in [-0.2, 0) is 6.61 Å². The Morgan fingerprint density at radius 3 is 2.37 bits per heavy atom. The van der Waals surface area contributed by atoms with Crippen LogP contribution >= 0.6 is 23.2 Å². The second-order valence-electron chi connectivity index (χ2n) is 3.81. The number of rotatable bonds is 4. The third-order valence-corrected chi connectivity index (χ3v) is 3.05. The van der Waals surface area contributed by atoms with Crippen LogP contribution in [0.1, 0.15) is 15.9 Å². The molecule has 0 atom stereocenters. The lowest BCUT2D eigenvalue weighted by Gasteiger charge is -2.11. The van der Waals surface area contributed by atoms with E-state index in [0.29, 0.717) is 17.4 Å². The molecule has 5 heteroatoms. The summed E-state index contributed by atoms with van der Waals surface area (Å²) < 4.78 is 18.8. The SMILES string of the molecule is O=Cc1cc(Cl)c(OCc2ccccc2F)c(Cl)c1. The van der Waals surface area contributed by atoms with Gasteiger partial charge in [-0.15, -0.1) is 0 Å². The van der Waals surface area contributed by atoms with E-state index >= 15 is 0 Å². The number of carbonyl (C=O) groups excluding carboxylic acids is 1. The number of hydrogen-bond acceptors (Lipinski definition) is 2. The molecular weight excluding hydrogens is 290 g/mol. The topological polar surface area (TPSA) is 26.3 Å². The highest BCUT2D eigenvalue weighted by atomic mass is 35.5. The Labute approximate surface area is 119 Å². The number of benzene rings is 2. The van der Waals surface area contributed by atoms with Gasteiger partial charge in [0, 0.05) is 11.1 Å². The largest absolute Gasteiger partial charge is 0.486 e. The molecule has 0 aliphatic heterocycles. The van der Waals surface area contributed by atoms with Gasteiger partial charge in [0.05, 0.1) is 10.0 Å². The lowest BCUT2D eigenvalue weighted by molar-refractivity contribution is 0.112. The van der Waals surface area contributed by atoms with Gasteiger partial charge in [0.25, 0.3) is 0 Å². The van der Waals surface area contributed by atoms with Crippen LogP contribution in [0.15, 0.2) is 36.4 Å². The quantitative estimate of drug-likeness (QED) is 0.776. The van der Waals surface area contributed by atoms with Crippen molar-refractivity contribution >= 4 is 29.5 Å². The molecule has 0 unspecified atom stereocenters. The van der Waals surface area contributed by atoms with E-state index in [0.717, 1.165) is 0 Å². The molecule has 0 fully saturated rings. The maximum absolute atomic E-state index is 13.4. The fraction of sp³-hybridized carbons (Fsp3) is 0.0714. The second kappa shape index (κ2) is 6.04. The first kappa shape index (κ1) is 13.8. The molecule has 2 aromatic rings. The number of halogens is 3. The Morgan fingerprint density at radius 1 is 1.16 bits per heavy atom. The van der Waals surface area contributed by atoms with Gasteiger partial charge >= 0.3 is 0 Å². The summed E-state index contributed by atoms with van der Waals surface area (Å²) in [4.78, 5) is 10.6. The highest BCUT2D eigenvalue weighted by Gasteiger charge is 2.11. The van der Waals surface area contributed by atoms with Crippen LogP contribution in [0.25, 0.3) is 0 Å². The Morgan fingerprint density at radius 2 is 1.79 bits per heavy atom. The van der Waals surface area contributed by atoms with Crippen molar-refractivity contribution < 1.29 is 13.9 Å². The molecule has 0 N–H and O–H groups in total. The molecule has 0 heterocycles. The van der Waals surface area contributed by atoms with Crippen molar-refractivity contribution in [3.63, 3.8) is 0 Å². The molecule has 0 saturated heterocycles. The molecule has 0 aliphatic rings. The summed E-state index contributed by atoms with van der Waals surface area (Å²) in [5, 5.41) is 0.428. The monoisotopic (exact) mass is 298 g/mol. The number of aldehydes is 1. The van der Waals surface area contributed by atoms with Crippen LogP contribution in [-0.4, -0.2) is 6.29 Å². The first-order chi connectivity index (χ1) is 9.11. The smallest absolute Gasteiger partial charge is 0.157 e. The van der Waals surface area contributed by atoms with E-state index < -0.39 is 0 Å². The maximum atomic E-state index is 13.4. The summed E-state index contributed by atoms with van der Waals surface area (Å²) in [6, 6.07) is 9.14. The predicted molar refractivity (Wildman–Crippen MR) is 72.6 cm³/mol. The summed E-state index contributed by atoms with van der Waals surface area (Å²) in [6.45, 7) is 0.00650. The number of ether oxygens (including phenoxy) is 1. The van der Waals surface area contributed by atoms with Gasteiger partial charge in [0.1, 0.15) is 18.7 Å². The molecule has 0 aliphatic carbocycles. The van der Waals surface area contributed by atoms with Crippen molar-refractivity contribution in [1.29, 1.82) is 0 Å². The zero-order chi connectivity index (χ0) is 13.8.